The third kappa shape index (κ3) is 5.97. The highest BCUT2D eigenvalue weighted by Gasteiger charge is 2.27. The number of hydrogen-bond acceptors (Lipinski definition) is 2. The van der Waals surface area contributed by atoms with Crippen molar-refractivity contribution in [3.05, 3.63) is 57.5 Å². The largest absolute Gasteiger partial charge is 0.354 e. The van der Waals surface area contributed by atoms with Gasteiger partial charge in [-0.25, -0.2) is 13.2 Å². The Morgan fingerprint density at radius 2 is 1.73 bits per heavy atom. The molecule has 3 aromatic rings. The van der Waals surface area contributed by atoms with Crippen molar-refractivity contribution < 1.29 is 13.2 Å². The number of aryl methyl sites for hydroxylation is 1. The molecule has 1 aromatic carbocycles. The fourth-order valence-corrected chi connectivity index (χ4v) is 5.67. The van der Waals surface area contributed by atoms with Crippen LogP contribution in [0, 0.1) is 12.8 Å². The molecule has 0 amide bonds. The maximum atomic E-state index is 13.9. The molecule has 2 atom stereocenters. The predicted molar refractivity (Wildman–Crippen MR) is 146 cm³/mol. The summed E-state index contributed by atoms with van der Waals surface area (Å²) in [7, 11) is 0. The van der Waals surface area contributed by atoms with Crippen LogP contribution >= 0.6 is 0 Å². The minimum atomic E-state index is -2.04. The number of piperidine rings is 1. The molecule has 1 saturated heterocycles. The summed E-state index contributed by atoms with van der Waals surface area (Å²) >= 11 is 0. The van der Waals surface area contributed by atoms with Gasteiger partial charge in [0.2, 0.25) is 0 Å². The van der Waals surface area contributed by atoms with Gasteiger partial charge in [-0.1, -0.05) is 33.8 Å². The molecule has 0 spiro atoms. The summed E-state index contributed by atoms with van der Waals surface area (Å²) in [4.78, 5) is 18.3. The zero-order chi connectivity index (χ0) is 26.9. The van der Waals surface area contributed by atoms with E-state index in [9.17, 15) is 18.0 Å². The normalized spacial score (nSPS) is 17.2. The average molecular weight is 516 g/mol. The Hall–Kier alpha value is -2.54. The quantitative estimate of drug-likeness (QED) is 0.336. The zero-order valence-electron chi connectivity index (χ0n) is 22.7. The van der Waals surface area contributed by atoms with E-state index in [1.807, 2.05) is 28.7 Å². The van der Waals surface area contributed by atoms with Crippen LogP contribution in [-0.4, -0.2) is 53.1 Å². The molecule has 0 bridgehead atoms. The summed E-state index contributed by atoms with van der Waals surface area (Å²) in [6, 6.07) is 8.56. The molecular formula is C30H40F3N3O. The molecule has 4 nitrogen and oxygen atoms in total. The molecule has 2 unspecified atom stereocenters. The van der Waals surface area contributed by atoms with Crippen LogP contribution in [0.4, 0.5) is 13.2 Å². The molecule has 0 saturated carbocycles. The number of aromatic amines is 1. The molecule has 1 aliphatic rings. The maximum absolute atomic E-state index is 13.9. The van der Waals surface area contributed by atoms with E-state index in [2.05, 4.69) is 50.9 Å². The van der Waals surface area contributed by atoms with Crippen molar-refractivity contribution in [2.75, 3.05) is 26.3 Å². The highest BCUT2D eigenvalue weighted by atomic mass is 19.2. The first-order valence-electron chi connectivity index (χ1n) is 13.5. The van der Waals surface area contributed by atoms with Crippen molar-refractivity contribution in [2.24, 2.45) is 5.92 Å². The molecular weight excluding hydrogens is 475 g/mol. The van der Waals surface area contributed by atoms with E-state index in [1.54, 1.807) is 0 Å². The van der Waals surface area contributed by atoms with Gasteiger partial charge in [-0.15, -0.1) is 0 Å². The van der Waals surface area contributed by atoms with Crippen molar-refractivity contribution >= 4 is 10.9 Å². The molecule has 4 rings (SSSR count). The third-order valence-electron chi connectivity index (χ3n) is 7.59. The molecule has 1 aliphatic heterocycles. The van der Waals surface area contributed by atoms with E-state index in [4.69, 9.17) is 0 Å². The average Bonchev–Trinajstić information content (AvgIpc) is 3.25. The Bertz CT molecular complexity index is 1270. The summed E-state index contributed by atoms with van der Waals surface area (Å²) in [5.41, 5.74) is 6.43. The Labute approximate surface area is 217 Å². The predicted octanol–water partition coefficient (Wildman–Crippen LogP) is 6.91. The van der Waals surface area contributed by atoms with E-state index >= 15 is 0 Å². The maximum Gasteiger partial charge on any atom is 0.253 e. The van der Waals surface area contributed by atoms with E-state index in [-0.39, 0.29) is 18.0 Å². The lowest BCUT2D eigenvalue weighted by Gasteiger charge is -2.33. The lowest BCUT2D eigenvalue weighted by Crippen LogP contribution is -2.40. The Kier molecular flexibility index (Phi) is 8.52. The lowest BCUT2D eigenvalue weighted by atomic mass is 9.87. The van der Waals surface area contributed by atoms with Crippen LogP contribution in [0.3, 0.4) is 0 Å². The first-order chi connectivity index (χ1) is 17.6. The minimum absolute atomic E-state index is 0.0477. The van der Waals surface area contributed by atoms with Gasteiger partial charge >= 0.3 is 0 Å². The second-order valence-electron chi connectivity index (χ2n) is 11.4. The van der Waals surface area contributed by atoms with Gasteiger partial charge in [-0.3, -0.25) is 4.79 Å². The molecule has 0 aliphatic carbocycles. The second-order valence-corrected chi connectivity index (χ2v) is 11.4. The van der Waals surface area contributed by atoms with Crippen LogP contribution in [0.15, 0.2) is 35.3 Å². The Balaban J connectivity index is 1.62. The van der Waals surface area contributed by atoms with Crippen molar-refractivity contribution in [2.45, 2.75) is 78.2 Å². The number of rotatable bonds is 9. The van der Waals surface area contributed by atoms with E-state index in [1.165, 1.54) is 16.5 Å². The number of H-pyrrole nitrogens is 1. The number of pyridine rings is 1. The number of fused-ring (bicyclic) bond motifs is 1. The van der Waals surface area contributed by atoms with Crippen LogP contribution < -0.4 is 5.56 Å². The number of nitrogens with zero attached hydrogens (tertiary/aromatic N) is 2. The fraction of sp³-hybridized carbons (Fsp3) is 0.567. The Morgan fingerprint density at radius 3 is 2.35 bits per heavy atom. The summed E-state index contributed by atoms with van der Waals surface area (Å²) < 4.78 is 41.5. The number of hydrogen-bond donors (Lipinski definition) is 1. The summed E-state index contributed by atoms with van der Waals surface area (Å²) in [5.74, 6) is 0.985. The third-order valence-corrected chi connectivity index (χ3v) is 7.59. The number of aromatic nitrogens is 2. The Morgan fingerprint density at radius 1 is 1.03 bits per heavy atom. The van der Waals surface area contributed by atoms with Gasteiger partial charge in [0.1, 0.15) is 12.8 Å². The fourth-order valence-electron chi connectivity index (χ4n) is 5.67. The van der Waals surface area contributed by atoms with E-state index in [0.29, 0.717) is 31.5 Å². The van der Waals surface area contributed by atoms with Crippen molar-refractivity contribution in [3.63, 3.8) is 0 Å². The van der Waals surface area contributed by atoms with Crippen LogP contribution in [0.2, 0.25) is 0 Å². The standard InChI is InChI=1S/C30H40F3N3O/c1-18(2)15-36-16-23(12-20(5)30(36)37)29-28(19(3)4)24-13-22(6-7-27(24)34-29)21-8-10-35(11-9-21)17-26(33)25(32)14-31/h6-7,12-13,16,18-19,21,25-26,34H,8-11,14-15,17H2,1-5H3. The monoisotopic (exact) mass is 515 g/mol. The smallest absolute Gasteiger partial charge is 0.253 e. The van der Waals surface area contributed by atoms with E-state index < -0.39 is 19.0 Å². The highest BCUT2D eigenvalue weighted by molar-refractivity contribution is 5.92. The molecule has 3 heterocycles. The van der Waals surface area contributed by atoms with Crippen LogP contribution in [-0.2, 0) is 6.54 Å². The van der Waals surface area contributed by atoms with Gasteiger partial charge in [-0.2, -0.15) is 0 Å². The van der Waals surface area contributed by atoms with Crippen LogP contribution in [0.1, 0.15) is 69.1 Å². The van der Waals surface area contributed by atoms with Gasteiger partial charge in [0.05, 0.1) is 5.69 Å². The summed E-state index contributed by atoms with van der Waals surface area (Å²) in [5, 5.41) is 1.19. The SMILES string of the molecule is Cc1cc(-c2[nH]c3ccc(C4CCN(CC(F)C(F)CF)CC4)cc3c2C(C)C)cn(CC(C)C)c1=O. The van der Waals surface area contributed by atoms with Crippen molar-refractivity contribution in [1.82, 2.24) is 14.5 Å². The first-order valence-corrected chi connectivity index (χ1v) is 13.5. The molecule has 7 heteroatoms. The van der Waals surface area contributed by atoms with Crippen molar-refractivity contribution in [3.8, 4) is 11.3 Å². The second kappa shape index (κ2) is 11.5. The van der Waals surface area contributed by atoms with Gasteiger partial charge in [0.15, 0.2) is 6.17 Å². The minimum Gasteiger partial charge on any atom is -0.354 e. The topological polar surface area (TPSA) is 41.0 Å². The first kappa shape index (κ1) is 27.5. The van der Waals surface area contributed by atoms with Crippen LogP contribution in [0.25, 0.3) is 22.2 Å². The van der Waals surface area contributed by atoms with Crippen LogP contribution in [0.5, 0.6) is 0 Å². The molecule has 0 radical (unpaired) electrons. The van der Waals surface area contributed by atoms with Gasteiger partial charge < -0.3 is 14.5 Å². The van der Waals surface area contributed by atoms with E-state index in [0.717, 1.165) is 35.2 Å². The van der Waals surface area contributed by atoms with Gasteiger partial charge in [0.25, 0.3) is 5.56 Å². The summed E-state index contributed by atoms with van der Waals surface area (Å²) in [6.07, 6.45) is -0.114. The number of halogens is 3. The summed E-state index contributed by atoms with van der Waals surface area (Å²) in [6.45, 7) is 11.2. The molecule has 2 aromatic heterocycles. The number of nitrogens with one attached hydrogen (secondary N) is 1. The lowest BCUT2D eigenvalue weighted by molar-refractivity contribution is 0.0851. The van der Waals surface area contributed by atoms with Gasteiger partial charge in [-0.05, 0) is 79.9 Å². The molecule has 37 heavy (non-hydrogen) atoms. The number of likely N-dealkylation sites (tertiary alicyclic amines) is 1. The van der Waals surface area contributed by atoms with Gasteiger partial charge in [0, 0.05) is 41.3 Å². The molecule has 202 valence electrons. The molecule has 1 fully saturated rings. The number of alkyl halides is 3. The van der Waals surface area contributed by atoms with Crippen molar-refractivity contribution in [1.29, 1.82) is 0 Å². The number of benzene rings is 1. The highest BCUT2D eigenvalue weighted by Crippen LogP contribution is 2.38. The zero-order valence-corrected chi connectivity index (χ0v) is 22.7. The molecule has 1 N–H and O–H groups in total.